The maximum Gasteiger partial charge on any atom is 0.249 e. The number of hydrogen-bond acceptors (Lipinski definition) is 2. The van der Waals surface area contributed by atoms with Gasteiger partial charge >= 0.3 is 0 Å². The Hall–Kier alpha value is -0.570. The average Bonchev–Trinajstić information content (AvgIpc) is 2.38. The predicted octanol–water partition coefficient (Wildman–Crippen LogP) is 1.24. The van der Waals surface area contributed by atoms with E-state index in [-0.39, 0.29) is 11.3 Å². The van der Waals surface area contributed by atoms with Gasteiger partial charge in [-0.25, -0.2) is 5.48 Å². The number of nitrogens with one attached hydrogen (secondary N) is 1. The fraction of sp³-hybridized carbons (Fsp3) is 0.875. The van der Waals surface area contributed by atoms with Crippen LogP contribution in [0.3, 0.4) is 0 Å². The summed E-state index contributed by atoms with van der Waals surface area (Å²) in [6.07, 6.45) is 4.30. The molecule has 1 rings (SSSR count). The fourth-order valence-corrected chi connectivity index (χ4v) is 1.60. The Morgan fingerprint density at radius 3 is 2.45 bits per heavy atom. The first-order valence-corrected chi connectivity index (χ1v) is 4.02. The third kappa shape index (κ3) is 1.71. The number of hydrogen-bond donors (Lipinski definition) is 1. The van der Waals surface area contributed by atoms with E-state index in [0.29, 0.717) is 0 Å². The van der Waals surface area contributed by atoms with Gasteiger partial charge in [-0.05, 0) is 12.8 Å². The molecule has 1 N–H and O–H groups in total. The molecule has 3 nitrogen and oxygen atoms in total. The zero-order valence-corrected chi connectivity index (χ0v) is 7.14. The monoisotopic (exact) mass is 157 g/mol. The van der Waals surface area contributed by atoms with Crippen LogP contribution in [0.1, 0.15) is 32.6 Å². The average molecular weight is 157 g/mol. The lowest BCUT2D eigenvalue weighted by Crippen LogP contribution is -2.36. The molecule has 1 fully saturated rings. The van der Waals surface area contributed by atoms with Gasteiger partial charge in [0.1, 0.15) is 0 Å². The summed E-state index contributed by atoms with van der Waals surface area (Å²) < 4.78 is 0. The van der Waals surface area contributed by atoms with E-state index >= 15 is 0 Å². The Balaban J connectivity index is 2.49. The number of amides is 1. The highest BCUT2D eigenvalue weighted by atomic mass is 16.6. The molecule has 0 aromatic carbocycles. The third-order valence-electron chi connectivity index (χ3n) is 2.45. The standard InChI is InChI=1S/C8H15NO2/c1-8(5-3-4-6-8)7(10)9-11-2/h3-6H2,1-2H3,(H,9,10). The van der Waals surface area contributed by atoms with Gasteiger partial charge < -0.3 is 0 Å². The van der Waals surface area contributed by atoms with Crippen LogP contribution >= 0.6 is 0 Å². The van der Waals surface area contributed by atoms with Gasteiger partial charge in [-0.3, -0.25) is 9.63 Å². The quantitative estimate of drug-likeness (QED) is 0.612. The fourth-order valence-electron chi connectivity index (χ4n) is 1.60. The number of hydroxylamine groups is 1. The van der Waals surface area contributed by atoms with Crippen molar-refractivity contribution < 1.29 is 9.63 Å². The Bertz CT molecular complexity index is 150. The lowest BCUT2D eigenvalue weighted by atomic mass is 9.88. The van der Waals surface area contributed by atoms with Crippen molar-refractivity contribution >= 4 is 5.91 Å². The molecule has 0 unspecified atom stereocenters. The normalized spacial score (nSPS) is 21.6. The van der Waals surface area contributed by atoms with Crippen molar-refractivity contribution in [3.63, 3.8) is 0 Å². The minimum absolute atomic E-state index is 0.0255. The molecule has 0 heterocycles. The zero-order chi connectivity index (χ0) is 8.32. The van der Waals surface area contributed by atoms with Gasteiger partial charge in [0.15, 0.2) is 0 Å². The van der Waals surface area contributed by atoms with E-state index in [4.69, 9.17) is 0 Å². The first kappa shape index (κ1) is 8.53. The van der Waals surface area contributed by atoms with Crippen molar-refractivity contribution in [2.75, 3.05) is 7.11 Å². The van der Waals surface area contributed by atoms with Gasteiger partial charge in [-0.1, -0.05) is 19.8 Å². The largest absolute Gasteiger partial charge is 0.277 e. The minimum Gasteiger partial charge on any atom is -0.277 e. The molecule has 3 heteroatoms. The van der Waals surface area contributed by atoms with Crippen molar-refractivity contribution in [2.24, 2.45) is 5.41 Å². The summed E-state index contributed by atoms with van der Waals surface area (Å²) in [6.45, 7) is 1.99. The van der Waals surface area contributed by atoms with Crippen LogP contribution in [-0.4, -0.2) is 13.0 Å². The van der Waals surface area contributed by atoms with Crippen LogP contribution < -0.4 is 5.48 Å². The molecule has 0 aromatic heterocycles. The number of carbonyl (C=O) groups excluding carboxylic acids is 1. The maximum atomic E-state index is 11.3. The smallest absolute Gasteiger partial charge is 0.249 e. The maximum absolute atomic E-state index is 11.3. The van der Waals surface area contributed by atoms with Crippen LogP contribution in [0.4, 0.5) is 0 Å². The molecule has 1 aliphatic carbocycles. The molecule has 1 amide bonds. The van der Waals surface area contributed by atoms with Crippen LogP contribution in [0.15, 0.2) is 0 Å². The van der Waals surface area contributed by atoms with E-state index in [0.717, 1.165) is 25.7 Å². The summed E-state index contributed by atoms with van der Waals surface area (Å²) >= 11 is 0. The predicted molar refractivity (Wildman–Crippen MR) is 41.7 cm³/mol. The van der Waals surface area contributed by atoms with Crippen LogP contribution in [0, 0.1) is 5.41 Å². The molecule has 0 aromatic rings. The Morgan fingerprint density at radius 2 is 2.00 bits per heavy atom. The van der Waals surface area contributed by atoms with Crippen molar-refractivity contribution in [1.29, 1.82) is 0 Å². The van der Waals surface area contributed by atoms with E-state index in [1.54, 1.807) is 0 Å². The molecule has 0 spiro atoms. The SMILES string of the molecule is CONC(=O)C1(C)CCCC1. The summed E-state index contributed by atoms with van der Waals surface area (Å²) in [5.74, 6) is 0.0255. The zero-order valence-electron chi connectivity index (χ0n) is 7.14. The molecule has 1 aliphatic rings. The van der Waals surface area contributed by atoms with E-state index in [2.05, 4.69) is 10.3 Å². The lowest BCUT2D eigenvalue weighted by molar-refractivity contribution is -0.140. The van der Waals surface area contributed by atoms with E-state index in [1.165, 1.54) is 7.11 Å². The van der Waals surface area contributed by atoms with Crippen molar-refractivity contribution in [3.05, 3.63) is 0 Å². The molecular formula is C8H15NO2. The summed E-state index contributed by atoms with van der Waals surface area (Å²) in [6, 6.07) is 0. The van der Waals surface area contributed by atoms with E-state index in [1.807, 2.05) is 6.92 Å². The van der Waals surface area contributed by atoms with Crippen molar-refractivity contribution in [2.45, 2.75) is 32.6 Å². The van der Waals surface area contributed by atoms with Gasteiger partial charge in [-0.15, -0.1) is 0 Å². The van der Waals surface area contributed by atoms with Crippen LogP contribution in [0.25, 0.3) is 0 Å². The highest BCUT2D eigenvalue weighted by Gasteiger charge is 2.36. The highest BCUT2D eigenvalue weighted by Crippen LogP contribution is 2.37. The topological polar surface area (TPSA) is 38.3 Å². The minimum atomic E-state index is -0.171. The number of carbonyl (C=O) groups is 1. The van der Waals surface area contributed by atoms with Gasteiger partial charge in [0, 0.05) is 5.41 Å². The molecule has 64 valence electrons. The Kier molecular flexibility index (Phi) is 2.49. The summed E-state index contributed by atoms with van der Waals surface area (Å²) in [5.41, 5.74) is 2.22. The Morgan fingerprint density at radius 1 is 1.45 bits per heavy atom. The van der Waals surface area contributed by atoms with Crippen LogP contribution in [0.5, 0.6) is 0 Å². The molecule has 0 radical (unpaired) electrons. The first-order valence-electron chi connectivity index (χ1n) is 4.02. The van der Waals surface area contributed by atoms with Gasteiger partial charge in [0.25, 0.3) is 0 Å². The van der Waals surface area contributed by atoms with Crippen LogP contribution in [0.2, 0.25) is 0 Å². The molecule has 11 heavy (non-hydrogen) atoms. The summed E-state index contributed by atoms with van der Waals surface area (Å²) in [4.78, 5) is 15.9. The molecule has 1 saturated carbocycles. The van der Waals surface area contributed by atoms with Gasteiger partial charge in [0.05, 0.1) is 7.11 Å². The molecule has 0 atom stereocenters. The van der Waals surface area contributed by atoms with E-state index < -0.39 is 0 Å². The van der Waals surface area contributed by atoms with Crippen molar-refractivity contribution in [1.82, 2.24) is 5.48 Å². The molecule has 0 bridgehead atoms. The Labute approximate surface area is 67.1 Å². The second-order valence-corrected chi connectivity index (χ2v) is 3.40. The van der Waals surface area contributed by atoms with Crippen molar-refractivity contribution in [3.8, 4) is 0 Å². The van der Waals surface area contributed by atoms with Gasteiger partial charge in [-0.2, -0.15) is 0 Å². The second-order valence-electron chi connectivity index (χ2n) is 3.40. The third-order valence-corrected chi connectivity index (χ3v) is 2.45. The first-order chi connectivity index (χ1) is 5.19. The molecule has 0 saturated heterocycles. The summed E-state index contributed by atoms with van der Waals surface area (Å²) in [5, 5.41) is 0. The van der Waals surface area contributed by atoms with Crippen LogP contribution in [-0.2, 0) is 9.63 Å². The molecule has 0 aliphatic heterocycles. The van der Waals surface area contributed by atoms with E-state index in [9.17, 15) is 4.79 Å². The lowest BCUT2D eigenvalue weighted by Gasteiger charge is -2.20. The second kappa shape index (κ2) is 3.22. The highest BCUT2D eigenvalue weighted by molar-refractivity contribution is 5.81. The van der Waals surface area contributed by atoms with Gasteiger partial charge in [0.2, 0.25) is 5.91 Å². The summed E-state index contributed by atoms with van der Waals surface area (Å²) in [7, 11) is 1.47. The number of rotatable bonds is 2. The molecular weight excluding hydrogens is 142 g/mol.